The second-order valence-corrected chi connectivity index (χ2v) is 7.67. The maximum absolute atomic E-state index is 12.5. The predicted molar refractivity (Wildman–Crippen MR) is 83.2 cm³/mol. The Morgan fingerprint density at radius 2 is 2.00 bits per heavy atom. The second-order valence-electron chi connectivity index (χ2n) is 4.90. The first kappa shape index (κ1) is 14.1. The highest BCUT2D eigenvalue weighted by Gasteiger charge is 2.41. The van der Waals surface area contributed by atoms with Gasteiger partial charge in [-0.15, -0.1) is 11.3 Å². The molecule has 0 saturated heterocycles. The van der Waals surface area contributed by atoms with Gasteiger partial charge in [0.2, 0.25) is 0 Å². The van der Waals surface area contributed by atoms with Crippen molar-refractivity contribution in [3.8, 4) is 10.7 Å². The van der Waals surface area contributed by atoms with E-state index in [-0.39, 0.29) is 17.0 Å². The lowest BCUT2D eigenvalue weighted by molar-refractivity contribution is 0.0863. The number of aromatic nitrogens is 3. The summed E-state index contributed by atoms with van der Waals surface area (Å²) in [6.45, 7) is -0.172. The minimum absolute atomic E-state index is 0.0306. The van der Waals surface area contributed by atoms with Crippen molar-refractivity contribution in [1.29, 1.82) is 0 Å². The van der Waals surface area contributed by atoms with Crippen molar-refractivity contribution in [1.82, 2.24) is 19.5 Å². The Bertz CT molecular complexity index is 993. The number of aromatic amines is 1. The molecular formula is C14H10N4O3S2. The van der Waals surface area contributed by atoms with Crippen LogP contribution in [-0.2, 0) is 16.6 Å². The van der Waals surface area contributed by atoms with E-state index in [4.69, 9.17) is 0 Å². The zero-order chi connectivity index (χ0) is 16.0. The molecule has 7 nitrogen and oxygen atoms in total. The minimum atomic E-state index is -3.84. The zero-order valence-electron chi connectivity index (χ0n) is 11.6. The van der Waals surface area contributed by atoms with Crippen molar-refractivity contribution in [2.24, 2.45) is 0 Å². The molecule has 1 aliphatic rings. The van der Waals surface area contributed by atoms with E-state index in [9.17, 15) is 13.2 Å². The maximum atomic E-state index is 12.5. The normalized spacial score (nSPS) is 15.8. The van der Waals surface area contributed by atoms with Crippen LogP contribution in [0.5, 0.6) is 0 Å². The Kier molecular flexibility index (Phi) is 3.06. The van der Waals surface area contributed by atoms with Gasteiger partial charge in [0.15, 0.2) is 5.82 Å². The smallest absolute Gasteiger partial charge is 0.268 e. The van der Waals surface area contributed by atoms with Crippen LogP contribution in [0, 0.1) is 0 Å². The quantitative estimate of drug-likeness (QED) is 0.781. The van der Waals surface area contributed by atoms with Crippen molar-refractivity contribution < 1.29 is 13.2 Å². The SMILES string of the molecule is O=C1c2ccccc2S(=O)(=O)N1Cc1nc(-c2cccs2)n[nH]1. The summed E-state index contributed by atoms with van der Waals surface area (Å²) in [6, 6.07) is 9.91. The number of benzene rings is 1. The van der Waals surface area contributed by atoms with Gasteiger partial charge in [0.05, 0.1) is 17.0 Å². The number of carbonyl (C=O) groups is 1. The molecule has 116 valence electrons. The van der Waals surface area contributed by atoms with Gasteiger partial charge < -0.3 is 0 Å². The van der Waals surface area contributed by atoms with Gasteiger partial charge in [-0.1, -0.05) is 18.2 Å². The lowest BCUT2D eigenvalue weighted by Crippen LogP contribution is -2.29. The summed E-state index contributed by atoms with van der Waals surface area (Å²) < 4.78 is 25.8. The zero-order valence-corrected chi connectivity index (χ0v) is 13.3. The summed E-state index contributed by atoms with van der Waals surface area (Å²) in [5, 5.41) is 8.66. The lowest BCUT2D eigenvalue weighted by atomic mass is 10.2. The number of nitrogens with one attached hydrogen (secondary N) is 1. The van der Waals surface area contributed by atoms with E-state index in [1.807, 2.05) is 17.5 Å². The predicted octanol–water partition coefficient (Wildman–Crippen LogP) is 1.88. The molecular weight excluding hydrogens is 336 g/mol. The number of hydrogen-bond donors (Lipinski definition) is 1. The van der Waals surface area contributed by atoms with Gasteiger partial charge in [0, 0.05) is 0 Å². The van der Waals surface area contributed by atoms with E-state index in [1.54, 1.807) is 12.1 Å². The van der Waals surface area contributed by atoms with Crippen LogP contribution in [0.1, 0.15) is 16.2 Å². The van der Waals surface area contributed by atoms with Crippen molar-refractivity contribution in [2.45, 2.75) is 11.4 Å². The number of H-pyrrole nitrogens is 1. The van der Waals surface area contributed by atoms with E-state index in [0.717, 1.165) is 9.18 Å². The lowest BCUT2D eigenvalue weighted by Gasteiger charge is -2.12. The first-order chi connectivity index (χ1) is 11.1. The summed E-state index contributed by atoms with van der Waals surface area (Å²) in [7, 11) is -3.84. The van der Waals surface area contributed by atoms with Gasteiger partial charge in [-0.2, -0.15) is 5.10 Å². The second kappa shape index (κ2) is 5.00. The standard InChI is InChI=1S/C14H10N4O3S2/c19-14-9-4-1-2-6-11(9)23(20,21)18(14)8-12-15-13(17-16-12)10-5-3-7-22-10/h1-7H,8H2,(H,15,16,17). The fourth-order valence-electron chi connectivity index (χ4n) is 2.41. The van der Waals surface area contributed by atoms with E-state index in [0.29, 0.717) is 11.6 Å². The van der Waals surface area contributed by atoms with E-state index in [2.05, 4.69) is 15.2 Å². The third-order valence-corrected chi connectivity index (χ3v) is 6.13. The first-order valence-electron chi connectivity index (χ1n) is 6.68. The fourth-order valence-corrected chi connectivity index (χ4v) is 4.59. The number of sulfonamides is 1. The number of fused-ring (bicyclic) bond motifs is 1. The first-order valence-corrected chi connectivity index (χ1v) is 9.00. The van der Waals surface area contributed by atoms with Crippen molar-refractivity contribution in [3.05, 3.63) is 53.2 Å². The fraction of sp³-hybridized carbons (Fsp3) is 0.0714. The molecule has 23 heavy (non-hydrogen) atoms. The molecule has 3 heterocycles. The van der Waals surface area contributed by atoms with Crippen LogP contribution in [0.4, 0.5) is 0 Å². The summed E-state index contributed by atoms with van der Waals surface area (Å²) >= 11 is 1.48. The topological polar surface area (TPSA) is 96.0 Å². The van der Waals surface area contributed by atoms with Crippen LogP contribution in [0.15, 0.2) is 46.7 Å². The van der Waals surface area contributed by atoms with Gasteiger partial charge in [-0.3, -0.25) is 9.89 Å². The number of amides is 1. The summed E-state index contributed by atoms with van der Waals surface area (Å²) in [6.07, 6.45) is 0. The highest BCUT2D eigenvalue weighted by atomic mass is 32.2. The van der Waals surface area contributed by atoms with Crippen LogP contribution in [-0.4, -0.2) is 33.8 Å². The van der Waals surface area contributed by atoms with Crippen LogP contribution in [0.2, 0.25) is 0 Å². The Morgan fingerprint density at radius 1 is 1.17 bits per heavy atom. The Morgan fingerprint density at radius 3 is 2.74 bits per heavy atom. The molecule has 0 saturated carbocycles. The van der Waals surface area contributed by atoms with E-state index in [1.165, 1.54) is 23.5 Å². The number of nitrogens with zero attached hydrogens (tertiary/aromatic N) is 3. The molecule has 0 aliphatic carbocycles. The van der Waals surface area contributed by atoms with Crippen molar-refractivity contribution >= 4 is 27.3 Å². The largest absolute Gasteiger partial charge is 0.269 e. The van der Waals surface area contributed by atoms with Crippen molar-refractivity contribution in [3.63, 3.8) is 0 Å². The maximum Gasteiger partial charge on any atom is 0.269 e. The molecule has 1 aliphatic heterocycles. The van der Waals surface area contributed by atoms with Crippen LogP contribution >= 0.6 is 11.3 Å². The summed E-state index contributed by atoms with van der Waals surface area (Å²) in [5.74, 6) is 0.254. The summed E-state index contributed by atoms with van der Waals surface area (Å²) in [5.41, 5.74) is 0.186. The summed E-state index contributed by atoms with van der Waals surface area (Å²) in [4.78, 5) is 17.5. The average Bonchev–Trinajstić information content (AvgIpc) is 3.25. The van der Waals surface area contributed by atoms with Gasteiger partial charge in [-0.05, 0) is 23.6 Å². The number of rotatable bonds is 3. The number of thiophene rings is 1. The van der Waals surface area contributed by atoms with Gasteiger partial charge in [0.1, 0.15) is 10.7 Å². The minimum Gasteiger partial charge on any atom is -0.268 e. The molecule has 2 aromatic heterocycles. The van der Waals surface area contributed by atoms with Crippen LogP contribution in [0.3, 0.4) is 0 Å². The molecule has 9 heteroatoms. The molecule has 4 rings (SSSR count). The molecule has 0 spiro atoms. The van der Waals surface area contributed by atoms with Gasteiger partial charge in [0.25, 0.3) is 15.9 Å². The highest BCUT2D eigenvalue weighted by molar-refractivity contribution is 7.90. The van der Waals surface area contributed by atoms with Crippen LogP contribution < -0.4 is 0 Å². The van der Waals surface area contributed by atoms with Crippen molar-refractivity contribution in [2.75, 3.05) is 0 Å². The Hall–Kier alpha value is -2.52. The molecule has 0 bridgehead atoms. The molecule has 0 atom stereocenters. The van der Waals surface area contributed by atoms with Gasteiger partial charge >= 0.3 is 0 Å². The molecule has 0 fully saturated rings. The molecule has 3 aromatic rings. The Balaban J connectivity index is 1.67. The molecule has 1 aromatic carbocycles. The third-order valence-electron chi connectivity index (χ3n) is 3.48. The molecule has 0 radical (unpaired) electrons. The third kappa shape index (κ3) is 2.16. The number of hydrogen-bond acceptors (Lipinski definition) is 6. The average molecular weight is 346 g/mol. The molecule has 1 amide bonds. The Labute approximate surface area is 135 Å². The van der Waals surface area contributed by atoms with E-state index < -0.39 is 15.9 Å². The monoisotopic (exact) mass is 346 g/mol. The number of carbonyl (C=O) groups excluding carboxylic acids is 1. The molecule has 1 N–H and O–H groups in total. The highest BCUT2D eigenvalue weighted by Crippen LogP contribution is 2.31. The molecule has 0 unspecified atom stereocenters. The van der Waals surface area contributed by atoms with Crippen LogP contribution in [0.25, 0.3) is 10.7 Å². The van der Waals surface area contributed by atoms with E-state index >= 15 is 0 Å². The van der Waals surface area contributed by atoms with Gasteiger partial charge in [-0.25, -0.2) is 17.7 Å².